The number of hydrazine groups is 1. The van der Waals surface area contributed by atoms with E-state index in [1.165, 1.54) is 0 Å². The summed E-state index contributed by atoms with van der Waals surface area (Å²) in [6, 6.07) is 24.1. The summed E-state index contributed by atoms with van der Waals surface area (Å²) in [6.45, 7) is 0. The third kappa shape index (κ3) is 2.91. The molecule has 0 unspecified atom stereocenters. The maximum Gasteiger partial charge on any atom is 0.196 e. The van der Waals surface area contributed by atoms with Crippen molar-refractivity contribution in [1.29, 1.82) is 0 Å². The molecule has 0 aromatic heterocycles. The fourth-order valence-electron chi connectivity index (χ4n) is 3.75. The van der Waals surface area contributed by atoms with Crippen LogP contribution in [0.1, 0.15) is 29.0 Å². The molecule has 28 heavy (non-hydrogen) atoms. The summed E-state index contributed by atoms with van der Waals surface area (Å²) in [5.74, 6) is 1.70. The van der Waals surface area contributed by atoms with Crippen molar-refractivity contribution in [3.8, 4) is 11.5 Å². The first-order chi connectivity index (χ1) is 13.7. The number of hydrogen-bond donors (Lipinski definition) is 1. The molecule has 0 spiro atoms. The van der Waals surface area contributed by atoms with E-state index in [4.69, 9.17) is 21.1 Å². The first-order valence-corrected chi connectivity index (χ1v) is 9.53. The minimum atomic E-state index is -0.281. The van der Waals surface area contributed by atoms with Crippen LogP contribution in [0.3, 0.4) is 0 Å². The Morgan fingerprint density at radius 3 is 2.64 bits per heavy atom. The number of fused-ring (bicyclic) bond motifs is 3. The summed E-state index contributed by atoms with van der Waals surface area (Å²) in [5.41, 5.74) is 7.82. The highest BCUT2D eigenvalue weighted by Crippen LogP contribution is 2.46. The fraction of sp³-hybridized carbons (Fsp3) is 0.130. The maximum atomic E-state index is 6.39. The number of halogens is 1. The molecule has 0 radical (unpaired) electrons. The molecule has 0 saturated heterocycles. The molecule has 2 aliphatic heterocycles. The summed E-state index contributed by atoms with van der Waals surface area (Å²) >= 11 is 6.06. The molecule has 2 atom stereocenters. The zero-order valence-corrected chi connectivity index (χ0v) is 16.1. The quantitative estimate of drug-likeness (QED) is 0.654. The van der Waals surface area contributed by atoms with Gasteiger partial charge in [-0.25, -0.2) is 0 Å². The van der Waals surface area contributed by atoms with E-state index in [0.717, 1.165) is 38.9 Å². The van der Waals surface area contributed by atoms with Gasteiger partial charge in [-0.05, 0) is 42.0 Å². The molecule has 0 saturated carbocycles. The Bertz CT molecular complexity index is 1050. The predicted molar refractivity (Wildman–Crippen MR) is 110 cm³/mol. The van der Waals surface area contributed by atoms with Crippen molar-refractivity contribution in [3.05, 3.63) is 101 Å². The van der Waals surface area contributed by atoms with E-state index in [0.29, 0.717) is 0 Å². The second-order valence-corrected chi connectivity index (χ2v) is 7.27. The number of rotatable bonds is 3. The van der Waals surface area contributed by atoms with Gasteiger partial charge >= 0.3 is 0 Å². The van der Waals surface area contributed by atoms with E-state index in [1.807, 2.05) is 60.7 Å². The Kier molecular flexibility index (Phi) is 4.23. The third-order valence-corrected chi connectivity index (χ3v) is 5.39. The van der Waals surface area contributed by atoms with Crippen LogP contribution in [0.4, 0.5) is 0 Å². The van der Waals surface area contributed by atoms with Gasteiger partial charge in [0.2, 0.25) is 0 Å². The first kappa shape index (κ1) is 17.2. The normalized spacial score (nSPS) is 20.4. The Hall–Kier alpha value is -2.95. The van der Waals surface area contributed by atoms with Crippen molar-refractivity contribution in [2.24, 2.45) is 0 Å². The highest BCUT2D eigenvalue weighted by molar-refractivity contribution is 6.30. The smallest absolute Gasteiger partial charge is 0.196 e. The number of para-hydroxylation sites is 1. The zero-order valence-electron chi connectivity index (χ0n) is 15.3. The number of nitrogens with one attached hydrogen (secondary N) is 1. The molecule has 0 amide bonds. The summed E-state index contributed by atoms with van der Waals surface area (Å²) in [7, 11) is 1.67. The van der Waals surface area contributed by atoms with Crippen molar-refractivity contribution < 1.29 is 9.47 Å². The van der Waals surface area contributed by atoms with E-state index >= 15 is 0 Å². The van der Waals surface area contributed by atoms with Crippen molar-refractivity contribution in [1.82, 2.24) is 10.4 Å². The van der Waals surface area contributed by atoms with E-state index in [9.17, 15) is 0 Å². The molecule has 3 aromatic rings. The third-order valence-electron chi connectivity index (χ3n) is 5.14. The van der Waals surface area contributed by atoms with E-state index in [-0.39, 0.29) is 12.3 Å². The molecule has 5 heteroatoms. The Morgan fingerprint density at radius 1 is 1.00 bits per heavy atom. The van der Waals surface area contributed by atoms with Crippen molar-refractivity contribution in [2.45, 2.75) is 12.3 Å². The Balaban J connectivity index is 1.57. The van der Waals surface area contributed by atoms with Gasteiger partial charge in [0.1, 0.15) is 11.5 Å². The number of hydrogen-bond acceptors (Lipinski definition) is 4. The summed E-state index contributed by atoms with van der Waals surface area (Å²) in [4.78, 5) is 0. The van der Waals surface area contributed by atoms with Crippen LogP contribution in [0.2, 0.25) is 5.02 Å². The maximum absolute atomic E-state index is 6.39. The largest absolute Gasteiger partial charge is 0.497 e. The van der Waals surface area contributed by atoms with E-state index < -0.39 is 0 Å². The molecule has 5 rings (SSSR count). The van der Waals surface area contributed by atoms with Gasteiger partial charge in [0.15, 0.2) is 6.23 Å². The lowest BCUT2D eigenvalue weighted by molar-refractivity contribution is -0.0327. The first-order valence-electron chi connectivity index (χ1n) is 9.15. The van der Waals surface area contributed by atoms with Gasteiger partial charge in [0.25, 0.3) is 0 Å². The average Bonchev–Trinajstić information content (AvgIpc) is 3.19. The Morgan fingerprint density at radius 2 is 1.82 bits per heavy atom. The molecule has 1 N–H and O–H groups in total. The number of benzene rings is 3. The summed E-state index contributed by atoms with van der Waals surface area (Å²) in [5, 5.41) is 2.86. The van der Waals surface area contributed by atoms with Gasteiger partial charge in [-0.2, -0.15) is 5.01 Å². The highest BCUT2D eigenvalue weighted by atomic mass is 35.5. The van der Waals surface area contributed by atoms with Crippen LogP contribution in [-0.4, -0.2) is 12.1 Å². The zero-order chi connectivity index (χ0) is 19.1. The molecule has 3 aromatic carbocycles. The number of ether oxygens (including phenoxy) is 2. The Labute approximate surface area is 168 Å². The molecular weight excluding hydrogens is 372 g/mol. The highest BCUT2D eigenvalue weighted by Gasteiger charge is 2.40. The molecular formula is C23H19ClN2O2. The molecule has 4 nitrogen and oxygen atoms in total. The molecule has 0 fully saturated rings. The second kappa shape index (κ2) is 6.89. The lowest BCUT2D eigenvalue weighted by Crippen LogP contribution is -2.43. The number of nitrogens with zero attached hydrogens (tertiary/aromatic N) is 1. The summed E-state index contributed by atoms with van der Waals surface area (Å²) in [6.07, 6.45) is 1.95. The molecule has 0 aliphatic carbocycles. The van der Waals surface area contributed by atoms with Crippen molar-refractivity contribution in [2.75, 3.05) is 7.11 Å². The van der Waals surface area contributed by atoms with Crippen LogP contribution in [0.25, 0.3) is 5.70 Å². The van der Waals surface area contributed by atoms with E-state index in [2.05, 4.69) is 28.6 Å². The minimum absolute atomic E-state index is 0.0619. The lowest BCUT2D eigenvalue weighted by Gasteiger charge is -2.39. The second-order valence-electron chi connectivity index (χ2n) is 6.84. The van der Waals surface area contributed by atoms with Crippen molar-refractivity contribution >= 4 is 17.3 Å². The van der Waals surface area contributed by atoms with Crippen LogP contribution < -0.4 is 14.9 Å². The monoisotopic (exact) mass is 390 g/mol. The minimum Gasteiger partial charge on any atom is -0.497 e. The van der Waals surface area contributed by atoms with Gasteiger partial charge in [-0.1, -0.05) is 54.1 Å². The van der Waals surface area contributed by atoms with Gasteiger partial charge in [0, 0.05) is 16.1 Å². The van der Waals surface area contributed by atoms with Crippen molar-refractivity contribution in [3.63, 3.8) is 0 Å². The molecule has 0 bridgehead atoms. The standard InChI is InChI=1S/C23H19ClN2O2/c1-27-18-6-4-5-16(13-18)23-26-21(19-7-2-3-8-22(19)28-23)14-20(25-26)15-9-11-17(24)12-10-15/h2-14,21,23,25H,1H3/t21-,23+/m1/s1. The van der Waals surface area contributed by atoms with Crippen LogP contribution in [0, 0.1) is 0 Å². The molecule has 2 heterocycles. The van der Waals surface area contributed by atoms with Crippen LogP contribution in [0.15, 0.2) is 78.9 Å². The van der Waals surface area contributed by atoms with Crippen LogP contribution in [-0.2, 0) is 0 Å². The summed E-state index contributed by atoms with van der Waals surface area (Å²) < 4.78 is 11.8. The van der Waals surface area contributed by atoms with Gasteiger partial charge in [-0.3, -0.25) is 0 Å². The van der Waals surface area contributed by atoms with Gasteiger partial charge in [-0.15, -0.1) is 0 Å². The van der Waals surface area contributed by atoms with E-state index in [1.54, 1.807) is 7.11 Å². The number of methoxy groups -OCH3 is 1. The SMILES string of the molecule is COc1cccc([C@@H]2Oc3ccccc3[C@H]3C=C(c4ccc(Cl)cc4)NN32)c1. The topological polar surface area (TPSA) is 33.7 Å². The lowest BCUT2D eigenvalue weighted by atomic mass is 10.0. The van der Waals surface area contributed by atoms with Crippen LogP contribution >= 0.6 is 11.6 Å². The average molecular weight is 391 g/mol. The van der Waals surface area contributed by atoms with Gasteiger partial charge in [0.05, 0.1) is 18.8 Å². The predicted octanol–water partition coefficient (Wildman–Crippen LogP) is 5.34. The van der Waals surface area contributed by atoms with Crippen LogP contribution in [0.5, 0.6) is 11.5 Å². The van der Waals surface area contributed by atoms with Gasteiger partial charge < -0.3 is 14.9 Å². The fourth-order valence-corrected chi connectivity index (χ4v) is 3.88. The molecule has 2 aliphatic rings. The molecule has 140 valence electrons.